The van der Waals surface area contributed by atoms with Crippen LogP contribution in [0.4, 0.5) is 4.39 Å². The number of benzene rings is 1. The molecule has 0 radical (unpaired) electrons. The van der Waals surface area contributed by atoms with Crippen LogP contribution in [0.1, 0.15) is 24.8 Å². The van der Waals surface area contributed by atoms with Crippen molar-refractivity contribution in [2.24, 2.45) is 0 Å². The molecular weight excluding hydrogens is 251 g/mol. The molecule has 1 aromatic carbocycles. The SMILES string of the molecule is Fc1cc(CNCCCN2CCCC2)ccc1Cl. The molecule has 0 aromatic heterocycles. The summed E-state index contributed by atoms with van der Waals surface area (Å²) in [5.41, 5.74) is 0.943. The zero-order valence-electron chi connectivity index (χ0n) is 10.6. The van der Waals surface area contributed by atoms with E-state index in [1.54, 1.807) is 6.07 Å². The van der Waals surface area contributed by atoms with E-state index in [1.165, 1.54) is 38.5 Å². The van der Waals surface area contributed by atoms with Gasteiger partial charge >= 0.3 is 0 Å². The predicted molar refractivity (Wildman–Crippen MR) is 73.4 cm³/mol. The van der Waals surface area contributed by atoms with Crippen molar-refractivity contribution in [3.05, 3.63) is 34.6 Å². The molecule has 0 atom stereocenters. The van der Waals surface area contributed by atoms with Crippen LogP contribution in [-0.2, 0) is 6.54 Å². The molecular formula is C14H20ClFN2. The van der Waals surface area contributed by atoms with Crippen LogP contribution in [0.2, 0.25) is 5.02 Å². The average Bonchev–Trinajstić information content (AvgIpc) is 2.86. The maximum atomic E-state index is 13.2. The Balaban J connectivity index is 1.61. The summed E-state index contributed by atoms with van der Waals surface area (Å²) in [6.45, 7) is 5.35. The summed E-state index contributed by atoms with van der Waals surface area (Å²) >= 11 is 5.64. The third-order valence-electron chi connectivity index (χ3n) is 3.34. The molecule has 2 rings (SSSR count). The van der Waals surface area contributed by atoms with Crippen LogP contribution in [0, 0.1) is 5.82 Å². The van der Waals surface area contributed by atoms with E-state index in [0.29, 0.717) is 6.54 Å². The first-order valence-corrected chi connectivity index (χ1v) is 7.00. The number of nitrogens with zero attached hydrogens (tertiary/aromatic N) is 1. The van der Waals surface area contributed by atoms with Crippen molar-refractivity contribution in [3.63, 3.8) is 0 Å². The van der Waals surface area contributed by atoms with Gasteiger partial charge in [0.25, 0.3) is 0 Å². The Kier molecular flexibility index (Phi) is 5.42. The number of hydrogen-bond acceptors (Lipinski definition) is 2. The van der Waals surface area contributed by atoms with Gasteiger partial charge < -0.3 is 10.2 Å². The third kappa shape index (κ3) is 4.23. The first kappa shape index (κ1) is 13.8. The molecule has 0 spiro atoms. The molecule has 2 nitrogen and oxygen atoms in total. The highest BCUT2D eigenvalue weighted by Crippen LogP contribution is 2.15. The van der Waals surface area contributed by atoms with Crippen molar-refractivity contribution in [2.75, 3.05) is 26.2 Å². The number of rotatable bonds is 6. The van der Waals surface area contributed by atoms with Gasteiger partial charge in [0.15, 0.2) is 0 Å². The molecule has 1 N–H and O–H groups in total. The molecule has 0 bridgehead atoms. The minimum Gasteiger partial charge on any atom is -0.313 e. The molecule has 1 aliphatic heterocycles. The highest BCUT2D eigenvalue weighted by atomic mass is 35.5. The van der Waals surface area contributed by atoms with Crippen molar-refractivity contribution in [1.29, 1.82) is 0 Å². The van der Waals surface area contributed by atoms with Gasteiger partial charge in [-0.05, 0) is 63.1 Å². The molecule has 4 heteroatoms. The zero-order chi connectivity index (χ0) is 12.8. The van der Waals surface area contributed by atoms with Gasteiger partial charge in [-0.15, -0.1) is 0 Å². The Morgan fingerprint density at radius 2 is 2.06 bits per heavy atom. The first-order valence-electron chi connectivity index (χ1n) is 6.63. The monoisotopic (exact) mass is 270 g/mol. The van der Waals surface area contributed by atoms with E-state index in [-0.39, 0.29) is 10.8 Å². The molecule has 0 unspecified atom stereocenters. The lowest BCUT2D eigenvalue weighted by Crippen LogP contribution is -2.24. The molecule has 1 aromatic rings. The van der Waals surface area contributed by atoms with Crippen LogP contribution in [-0.4, -0.2) is 31.1 Å². The summed E-state index contributed by atoms with van der Waals surface area (Å²) in [6, 6.07) is 4.97. The van der Waals surface area contributed by atoms with Crippen molar-refractivity contribution >= 4 is 11.6 Å². The predicted octanol–water partition coefficient (Wildman–Crippen LogP) is 3.05. The van der Waals surface area contributed by atoms with Gasteiger partial charge in [-0.25, -0.2) is 4.39 Å². The van der Waals surface area contributed by atoms with Crippen molar-refractivity contribution < 1.29 is 4.39 Å². The molecule has 1 heterocycles. The van der Waals surface area contributed by atoms with Crippen molar-refractivity contribution in [2.45, 2.75) is 25.8 Å². The average molecular weight is 271 g/mol. The minimum atomic E-state index is -0.340. The van der Waals surface area contributed by atoms with Crippen LogP contribution in [0.25, 0.3) is 0 Å². The quantitative estimate of drug-likeness (QED) is 0.800. The van der Waals surface area contributed by atoms with E-state index in [4.69, 9.17) is 11.6 Å². The smallest absolute Gasteiger partial charge is 0.142 e. The molecule has 100 valence electrons. The van der Waals surface area contributed by atoms with Crippen LogP contribution in [0.3, 0.4) is 0 Å². The maximum absolute atomic E-state index is 13.2. The maximum Gasteiger partial charge on any atom is 0.142 e. The molecule has 1 fully saturated rings. The second-order valence-corrected chi connectivity index (χ2v) is 5.23. The van der Waals surface area contributed by atoms with E-state index >= 15 is 0 Å². The molecule has 0 amide bonds. The number of hydrogen-bond donors (Lipinski definition) is 1. The second-order valence-electron chi connectivity index (χ2n) is 4.83. The van der Waals surface area contributed by atoms with Gasteiger partial charge in [0, 0.05) is 6.54 Å². The van der Waals surface area contributed by atoms with Gasteiger partial charge in [0.1, 0.15) is 5.82 Å². The van der Waals surface area contributed by atoms with E-state index < -0.39 is 0 Å². The molecule has 0 aliphatic carbocycles. The highest BCUT2D eigenvalue weighted by molar-refractivity contribution is 6.30. The summed E-state index contributed by atoms with van der Waals surface area (Å²) in [4.78, 5) is 2.50. The normalized spacial score (nSPS) is 16.3. The summed E-state index contributed by atoms with van der Waals surface area (Å²) in [6.07, 6.45) is 3.84. The third-order valence-corrected chi connectivity index (χ3v) is 3.65. The second kappa shape index (κ2) is 7.07. The van der Waals surface area contributed by atoms with Crippen molar-refractivity contribution in [1.82, 2.24) is 10.2 Å². The lowest BCUT2D eigenvalue weighted by molar-refractivity contribution is 0.331. The van der Waals surface area contributed by atoms with Crippen molar-refractivity contribution in [3.8, 4) is 0 Å². The fourth-order valence-corrected chi connectivity index (χ4v) is 2.43. The first-order chi connectivity index (χ1) is 8.75. The Morgan fingerprint density at radius 1 is 1.28 bits per heavy atom. The zero-order valence-corrected chi connectivity index (χ0v) is 11.3. The Bertz CT molecular complexity index is 378. The molecule has 0 saturated carbocycles. The number of nitrogens with one attached hydrogen (secondary N) is 1. The lowest BCUT2D eigenvalue weighted by atomic mass is 10.2. The van der Waals surface area contributed by atoms with Crippen LogP contribution in [0.15, 0.2) is 18.2 Å². The fraction of sp³-hybridized carbons (Fsp3) is 0.571. The standard InChI is InChI=1S/C14H20ClFN2/c15-13-5-4-12(10-14(13)16)11-17-6-3-9-18-7-1-2-8-18/h4-5,10,17H,1-3,6-9,11H2. The summed E-state index contributed by atoms with van der Waals surface area (Å²) in [7, 11) is 0. The van der Waals surface area contributed by atoms with Gasteiger partial charge in [-0.2, -0.15) is 0 Å². The molecule has 1 saturated heterocycles. The van der Waals surface area contributed by atoms with Crippen LogP contribution < -0.4 is 5.32 Å². The Morgan fingerprint density at radius 3 is 2.78 bits per heavy atom. The van der Waals surface area contributed by atoms with Crippen LogP contribution >= 0.6 is 11.6 Å². The van der Waals surface area contributed by atoms with Gasteiger partial charge in [0.05, 0.1) is 5.02 Å². The van der Waals surface area contributed by atoms with Gasteiger partial charge in [0.2, 0.25) is 0 Å². The van der Waals surface area contributed by atoms with Gasteiger partial charge in [-0.1, -0.05) is 17.7 Å². The summed E-state index contributed by atoms with van der Waals surface area (Å²) in [5.74, 6) is -0.340. The highest BCUT2D eigenvalue weighted by Gasteiger charge is 2.09. The Labute approximate surface area is 113 Å². The van der Waals surface area contributed by atoms with Crippen LogP contribution in [0.5, 0.6) is 0 Å². The summed E-state index contributed by atoms with van der Waals surface area (Å²) < 4.78 is 13.2. The minimum absolute atomic E-state index is 0.188. The Hall–Kier alpha value is -0.640. The van der Waals surface area contributed by atoms with E-state index in [0.717, 1.165) is 18.5 Å². The van der Waals surface area contributed by atoms with E-state index in [1.807, 2.05) is 6.07 Å². The lowest BCUT2D eigenvalue weighted by Gasteiger charge is -2.14. The number of likely N-dealkylation sites (tertiary alicyclic amines) is 1. The topological polar surface area (TPSA) is 15.3 Å². The summed E-state index contributed by atoms with van der Waals surface area (Å²) in [5, 5.41) is 3.52. The van der Waals surface area contributed by atoms with E-state index in [2.05, 4.69) is 10.2 Å². The fourth-order valence-electron chi connectivity index (χ4n) is 2.32. The van der Waals surface area contributed by atoms with E-state index in [9.17, 15) is 4.39 Å². The largest absolute Gasteiger partial charge is 0.313 e. The van der Waals surface area contributed by atoms with Gasteiger partial charge in [-0.3, -0.25) is 0 Å². The molecule has 1 aliphatic rings. The molecule has 18 heavy (non-hydrogen) atoms. The number of halogens is 2.